The second kappa shape index (κ2) is 9.26. The molecule has 1 unspecified atom stereocenters. The van der Waals surface area contributed by atoms with Crippen LogP contribution in [0.1, 0.15) is 37.8 Å². The molecule has 0 bridgehead atoms. The first-order valence-electron chi connectivity index (χ1n) is 11.0. The van der Waals surface area contributed by atoms with Gasteiger partial charge in [0.05, 0.1) is 0 Å². The van der Waals surface area contributed by atoms with E-state index in [2.05, 4.69) is 4.74 Å². The highest BCUT2D eigenvalue weighted by Crippen LogP contribution is 2.43. The molecule has 190 valence electrons. The van der Waals surface area contributed by atoms with Crippen LogP contribution in [0.25, 0.3) is 11.1 Å². The van der Waals surface area contributed by atoms with Gasteiger partial charge in [-0.3, -0.25) is 0 Å². The average Bonchev–Trinajstić information content (AvgIpc) is 2.81. The highest BCUT2D eigenvalue weighted by Gasteiger charge is 2.40. The maximum absolute atomic E-state index is 14.8. The van der Waals surface area contributed by atoms with Gasteiger partial charge in [-0.05, 0) is 49.0 Å². The average molecular weight is 512 g/mol. The lowest BCUT2D eigenvalue weighted by Crippen LogP contribution is -2.27. The number of benzene rings is 3. The molecule has 0 saturated carbocycles. The van der Waals surface area contributed by atoms with Gasteiger partial charge >= 0.3 is 6.11 Å². The summed E-state index contributed by atoms with van der Waals surface area (Å²) in [5, 5.41) is 0. The Morgan fingerprint density at radius 1 is 0.833 bits per heavy atom. The van der Waals surface area contributed by atoms with Crippen LogP contribution in [0.5, 0.6) is 5.75 Å². The smallest absolute Gasteiger partial charge is 0.429 e. The number of hydrogen-bond acceptors (Lipinski definition) is 1. The maximum atomic E-state index is 14.8. The van der Waals surface area contributed by atoms with Gasteiger partial charge in [0.1, 0.15) is 17.1 Å². The van der Waals surface area contributed by atoms with E-state index in [0.717, 1.165) is 12.5 Å². The van der Waals surface area contributed by atoms with Crippen molar-refractivity contribution in [2.75, 3.05) is 0 Å². The summed E-state index contributed by atoms with van der Waals surface area (Å²) < 4.78 is 117. The number of hydrogen-bond donors (Lipinski definition) is 0. The van der Waals surface area contributed by atoms with E-state index >= 15 is 0 Å². The molecule has 1 nitrogen and oxygen atoms in total. The Morgan fingerprint density at radius 3 is 2.03 bits per heavy atom. The number of rotatable bonds is 5. The number of allylic oxidation sites excluding steroid dienone is 2. The first-order valence-corrected chi connectivity index (χ1v) is 11.0. The third-order valence-corrected chi connectivity index (χ3v) is 6.49. The Kier molecular flexibility index (Phi) is 6.62. The van der Waals surface area contributed by atoms with E-state index in [1.807, 2.05) is 6.92 Å². The van der Waals surface area contributed by atoms with Gasteiger partial charge in [0.25, 0.3) is 0 Å². The summed E-state index contributed by atoms with van der Waals surface area (Å²) in [6, 6.07) is 7.79. The van der Waals surface area contributed by atoms with Crippen molar-refractivity contribution in [2.45, 2.75) is 38.2 Å². The van der Waals surface area contributed by atoms with Crippen LogP contribution in [0.2, 0.25) is 0 Å². The number of ether oxygens (including phenoxy) is 1. The third kappa shape index (κ3) is 4.58. The van der Waals surface area contributed by atoms with Crippen LogP contribution in [0.4, 0.5) is 35.1 Å². The number of alkyl halides is 2. The standard InChI is InChI=1S/C27H20F8O/c1-14-9-10-26(2,22(30)11-14)16-5-3-15(4-6-16)18-7-8-19(24(32)23(18)31)27(34,35)36-17-12-20(28)25(33)21(29)13-17/h3-8,11-14H,9-10H2,1-2H3/t14?,26-/m1/s1. The largest absolute Gasteiger partial charge is 0.429 e. The topological polar surface area (TPSA) is 9.23 Å². The minimum Gasteiger partial charge on any atom is -0.429 e. The summed E-state index contributed by atoms with van der Waals surface area (Å²) in [6.07, 6.45) is -1.65. The summed E-state index contributed by atoms with van der Waals surface area (Å²) in [5.41, 5.74) is -1.94. The fourth-order valence-electron chi connectivity index (χ4n) is 4.24. The van der Waals surface area contributed by atoms with Crippen molar-refractivity contribution in [3.05, 3.63) is 101 Å². The Bertz CT molecular complexity index is 1310. The minimum atomic E-state index is -4.54. The quantitative estimate of drug-likeness (QED) is 0.245. The minimum absolute atomic E-state index is 0.108. The van der Waals surface area contributed by atoms with Crippen molar-refractivity contribution in [1.82, 2.24) is 0 Å². The van der Waals surface area contributed by atoms with Crippen molar-refractivity contribution in [1.29, 1.82) is 0 Å². The lowest BCUT2D eigenvalue weighted by atomic mass is 9.72. The molecule has 1 aliphatic rings. The molecule has 0 saturated heterocycles. The first-order chi connectivity index (χ1) is 16.8. The van der Waals surface area contributed by atoms with Crippen molar-refractivity contribution in [2.24, 2.45) is 5.92 Å². The molecule has 0 heterocycles. The molecule has 3 aromatic carbocycles. The predicted molar refractivity (Wildman–Crippen MR) is 118 cm³/mol. The van der Waals surface area contributed by atoms with Gasteiger partial charge in [-0.1, -0.05) is 37.3 Å². The van der Waals surface area contributed by atoms with Gasteiger partial charge in [-0.25, -0.2) is 26.3 Å². The molecule has 9 heteroatoms. The molecular weight excluding hydrogens is 492 g/mol. The van der Waals surface area contributed by atoms with Crippen molar-refractivity contribution < 1.29 is 39.9 Å². The van der Waals surface area contributed by atoms with Crippen LogP contribution in [0.15, 0.2) is 60.4 Å². The zero-order valence-corrected chi connectivity index (χ0v) is 19.1. The summed E-state index contributed by atoms with van der Waals surface area (Å²) >= 11 is 0. The van der Waals surface area contributed by atoms with Crippen LogP contribution in [0.3, 0.4) is 0 Å². The van der Waals surface area contributed by atoms with Gasteiger partial charge in [0.2, 0.25) is 0 Å². The maximum Gasteiger partial charge on any atom is 0.429 e. The molecule has 0 spiro atoms. The monoisotopic (exact) mass is 512 g/mol. The summed E-state index contributed by atoms with van der Waals surface area (Å²) in [7, 11) is 0. The van der Waals surface area contributed by atoms with Gasteiger partial charge in [0.15, 0.2) is 29.1 Å². The molecule has 0 amide bonds. The molecule has 3 aromatic rings. The second-order valence-electron chi connectivity index (χ2n) is 9.05. The highest BCUT2D eigenvalue weighted by molar-refractivity contribution is 5.65. The van der Waals surface area contributed by atoms with E-state index in [-0.39, 0.29) is 35.0 Å². The van der Waals surface area contributed by atoms with Crippen molar-refractivity contribution in [3.63, 3.8) is 0 Å². The van der Waals surface area contributed by atoms with Crippen LogP contribution in [0, 0.1) is 35.0 Å². The van der Waals surface area contributed by atoms with Crippen LogP contribution in [-0.2, 0) is 11.5 Å². The van der Waals surface area contributed by atoms with Crippen LogP contribution in [-0.4, -0.2) is 0 Å². The lowest BCUT2D eigenvalue weighted by molar-refractivity contribution is -0.187. The van der Waals surface area contributed by atoms with Crippen LogP contribution < -0.4 is 4.74 Å². The van der Waals surface area contributed by atoms with Gasteiger partial charge < -0.3 is 4.74 Å². The molecule has 36 heavy (non-hydrogen) atoms. The predicted octanol–water partition coefficient (Wildman–Crippen LogP) is 8.72. The number of halogens is 8. The van der Waals surface area contributed by atoms with E-state index in [4.69, 9.17) is 0 Å². The molecule has 4 rings (SSSR count). The molecule has 0 N–H and O–H groups in total. The fraction of sp³-hybridized carbons (Fsp3) is 0.259. The van der Waals surface area contributed by atoms with E-state index < -0.39 is 51.9 Å². The Balaban J connectivity index is 1.63. The Hall–Kier alpha value is -3.36. The molecule has 0 radical (unpaired) electrons. The first kappa shape index (κ1) is 25.7. The lowest BCUT2D eigenvalue weighted by Gasteiger charge is -2.33. The van der Waals surface area contributed by atoms with Gasteiger partial charge in [-0.15, -0.1) is 0 Å². The summed E-state index contributed by atoms with van der Waals surface area (Å²) in [4.78, 5) is 0. The Labute approximate surface area is 202 Å². The third-order valence-electron chi connectivity index (χ3n) is 6.49. The summed E-state index contributed by atoms with van der Waals surface area (Å²) in [5.74, 6) is -10.3. The van der Waals surface area contributed by atoms with Crippen molar-refractivity contribution >= 4 is 0 Å². The molecule has 0 fully saturated rings. The zero-order valence-electron chi connectivity index (χ0n) is 19.1. The van der Waals surface area contributed by atoms with Crippen molar-refractivity contribution in [3.8, 4) is 16.9 Å². The SMILES string of the molecule is CC1C=C(F)[C@@](C)(c2ccc(-c3ccc(C(F)(F)Oc4cc(F)c(F)c(F)c4)c(F)c3F)cc2)CC1. The normalized spacial score (nSPS) is 20.3. The fourth-order valence-corrected chi connectivity index (χ4v) is 4.24. The second-order valence-corrected chi connectivity index (χ2v) is 9.05. The summed E-state index contributed by atoms with van der Waals surface area (Å²) in [6.45, 7) is 3.66. The van der Waals surface area contributed by atoms with E-state index in [0.29, 0.717) is 18.1 Å². The van der Waals surface area contributed by atoms with Crippen LogP contribution >= 0.6 is 0 Å². The highest BCUT2D eigenvalue weighted by atomic mass is 19.3. The van der Waals surface area contributed by atoms with Gasteiger partial charge in [0, 0.05) is 23.1 Å². The molecule has 2 atom stereocenters. The molecule has 0 aliphatic heterocycles. The van der Waals surface area contributed by atoms with E-state index in [1.54, 1.807) is 25.1 Å². The molecule has 0 aromatic heterocycles. The van der Waals surface area contributed by atoms with Gasteiger partial charge in [-0.2, -0.15) is 8.78 Å². The molecular formula is C27H20F8O. The zero-order chi connectivity index (χ0) is 26.4. The Morgan fingerprint density at radius 2 is 1.44 bits per heavy atom. The molecule has 1 aliphatic carbocycles. The van der Waals surface area contributed by atoms with E-state index in [9.17, 15) is 35.1 Å². The van der Waals surface area contributed by atoms with E-state index in [1.165, 1.54) is 12.1 Å².